The molecule has 0 radical (unpaired) electrons. The topological polar surface area (TPSA) is 84.9 Å². The molecule has 2 aliphatic heterocycles. The SMILES string of the molecule is COc1cc2nncc(N3CCC[C@@H](N4CCCCC4=O)C3=O)c2cc1OC. The summed E-state index contributed by atoms with van der Waals surface area (Å²) in [4.78, 5) is 29.2. The molecule has 0 bridgehead atoms. The van der Waals surface area contributed by atoms with E-state index in [-0.39, 0.29) is 11.8 Å². The lowest BCUT2D eigenvalue weighted by Crippen LogP contribution is -2.55. The highest BCUT2D eigenvalue weighted by Crippen LogP contribution is 2.36. The number of likely N-dealkylation sites (tertiary alicyclic amines) is 1. The molecule has 3 heterocycles. The van der Waals surface area contributed by atoms with E-state index in [1.165, 1.54) is 0 Å². The molecule has 0 N–H and O–H groups in total. The summed E-state index contributed by atoms with van der Waals surface area (Å²) >= 11 is 0. The second kappa shape index (κ2) is 7.61. The van der Waals surface area contributed by atoms with Crippen molar-refractivity contribution in [1.82, 2.24) is 15.1 Å². The van der Waals surface area contributed by atoms with Crippen molar-refractivity contribution in [2.45, 2.75) is 38.1 Å². The highest BCUT2D eigenvalue weighted by Gasteiger charge is 2.37. The quantitative estimate of drug-likeness (QED) is 0.803. The van der Waals surface area contributed by atoms with E-state index < -0.39 is 6.04 Å². The van der Waals surface area contributed by atoms with E-state index in [0.717, 1.165) is 24.6 Å². The molecule has 1 aromatic carbocycles. The number of rotatable bonds is 4. The molecular formula is C20H24N4O4. The van der Waals surface area contributed by atoms with Gasteiger partial charge in [-0.2, -0.15) is 10.2 Å². The largest absolute Gasteiger partial charge is 0.493 e. The number of anilines is 1. The molecule has 4 rings (SSSR count). The molecule has 2 saturated heterocycles. The zero-order valence-electron chi connectivity index (χ0n) is 16.2. The zero-order chi connectivity index (χ0) is 19.7. The summed E-state index contributed by atoms with van der Waals surface area (Å²) in [6, 6.07) is 3.18. The molecule has 2 fully saturated rings. The van der Waals surface area contributed by atoms with Gasteiger partial charge in [0.05, 0.1) is 31.6 Å². The van der Waals surface area contributed by atoms with Crippen LogP contribution >= 0.6 is 0 Å². The Bertz CT molecular complexity index is 916. The van der Waals surface area contributed by atoms with E-state index in [9.17, 15) is 9.59 Å². The molecule has 1 atom stereocenters. The standard InChI is InChI=1S/C20H24N4O4/c1-27-17-10-13-14(11-18(17)28-2)22-21-12-16(13)24-9-5-6-15(20(24)26)23-8-4-3-7-19(23)25/h10-12,15H,3-9H2,1-2H3/t15-/m1/s1. The van der Waals surface area contributed by atoms with Gasteiger partial charge in [0.1, 0.15) is 6.04 Å². The van der Waals surface area contributed by atoms with E-state index in [2.05, 4.69) is 10.2 Å². The third-order valence-corrected chi connectivity index (χ3v) is 5.56. The van der Waals surface area contributed by atoms with E-state index >= 15 is 0 Å². The van der Waals surface area contributed by atoms with Crippen LogP contribution in [0.1, 0.15) is 32.1 Å². The summed E-state index contributed by atoms with van der Waals surface area (Å²) < 4.78 is 10.8. The average molecular weight is 384 g/mol. The number of methoxy groups -OCH3 is 2. The van der Waals surface area contributed by atoms with Crippen LogP contribution in [0.4, 0.5) is 5.69 Å². The van der Waals surface area contributed by atoms with Gasteiger partial charge in [-0.25, -0.2) is 0 Å². The van der Waals surface area contributed by atoms with Crippen molar-refractivity contribution >= 4 is 28.4 Å². The van der Waals surface area contributed by atoms with Gasteiger partial charge in [0.15, 0.2) is 11.5 Å². The van der Waals surface area contributed by atoms with Crippen LogP contribution in [0.3, 0.4) is 0 Å². The monoisotopic (exact) mass is 384 g/mol. The maximum atomic E-state index is 13.3. The minimum Gasteiger partial charge on any atom is -0.493 e. The van der Waals surface area contributed by atoms with Crippen molar-refractivity contribution in [3.63, 3.8) is 0 Å². The number of benzene rings is 1. The van der Waals surface area contributed by atoms with Gasteiger partial charge in [0.2, 0.25) is 11.8 Å². The van der Waals surface area contributed by atoms with Crippen molar-refractivity contribution in [2.75, 3.05) is 32.2 Å². The van der Waals surface area contributed by atoms with E-state index in [1.54, 1.807) is 36.3 Å². The molecule has 8 heteroatoms. The number of nitrogens with zero attached hydrogens (tertiary/aromatic N) is 4. The van der Waals surface area contributed by atoms with Gasteiger partial charge < -0.3 is 19.3 Å². The first-order chi connectivity index (χ1) is 13.6. The fraction of sp³-hybridized carbons (Fsp3) is 0.500. The number of carbonyl (C=O) groups excluding carboxylic acids is 2. The molecule has 148 valence electrons. The Hall–Kier alpha value is -2.90. The van der Waals surface area contributed by atoms with Crippen LogP contribution in [-0.2, 0) is 9.59 Å². The number of ether oxygens (including phenoxy) is 2. The van der Waals surface area contributed by atoms with E-state index in [1.807, 2.05) is 6.07 Å². The lowest BCUT2D eigenvalue weighted by molar-refractivity contribution is -0.142. The van der Waals surface area contributed by atoms with Gasteiger partial charge in [-0.05, 0) is 31.7 Å². The van der Waals surface area contributed by atoms with Crippen LogP contribution in [0.2, 0.25) is 0 Å². The highest BCUT2D eigenvalue weighted by atomic mass is 16.5. The van der Waals surface area contributed by atoms with Gasteiger partial charge in [-0.3, -0.25) is 9.59 Å². The molecular weight excluding hydrogens is 360 g/mol. The molecule has 28 heavy (non-hydrogen) atoms. The van der Waals surface area contributed by atoms with Crippen LogP contribution in [0, 0.1) is 0 Å². The van der Waals surface area contributed by atoms with Crippen LogP contribution in [0.15, 0.2) is 18.3 Å². The number of fused-ring (bicyclic) bond motifs is 1. The Kier molecular flexibility index (Phi) is 5.02. The normalized spacial score (nSPS) is 20.6. The molecule has 8 nitrogen and oxygen atoms in total. The summed E-state index contributed by atoms with van der Waals surface area (Å²) in [7, 11) is 3.14. The first-order valence-electron chi connectivity index (χ1n) is 9.62. The van der Waals surface area contributed by atoms with Gasteiger partial charge in [0, 0.05) is 31.0 Å². The number of amides is 2. The van der Waals surface area contributed by atoms with Crippen LogP contribution in [0.5, 0.6) is 11.5 Å². The Balaban J connectivity index is 1.72. The fourth-order valence-corrected chi connectivity index (χ4v) is 4.13. The van der Waals surface area contributed by atoms with Gasteiger partial charge in [-0.15, -0.1) is 0 Å². The van der Waals surface area contributed by atoms with Crippen LogP contribution < -0.4 is 14.4 Å². The smallest absolute Gasteiger partial charge is 0.249 e. The predicted octanol–water partition coefficient (Wildman–Crippen LogP) is 2.15. The molecule has 0 aliphatic carbocycles. The summed E-state index contributed by atoms with van der Waals surface area (Å²) in [5.74, 6) is 1.15. The molecule has 0 spiro atoms. The van der Waals surface area contributed by atoms with Gasteiger partial charge in [0.25, 0.3) is 0 Å². The molecule has 1 aromatic heterocycles. The Morgan fingerprint density at radius 1 is 1.04 bits per heavy atom. The number of hydrogen-bond donors (Lipinski definition) is 0. The third-order valence-electron chi connectivity index (χ3n) is 5.56. The van der Waals surface area contributed by atoms with Crippen molar-refractivity contribution in [2.24, 2.45) is 0 Å². The van der Waals surface area contributed by atoms with Crippen molar-refractivity contribution < 1.29 is 19.1 Å². The summed E-state index contributed by atoms with van der Waals surface area (Å²) in [6.07, 6.45) is 5.52. The number of aromatic nitrogens is 2. The van der Waals surface area contributed by atoms with Crippen molar-refractivity contribution in [3.8, 4) is 11.5 Å². The first-order valence-corrected chi connectivity index (χ1v) is 9.62. The van der Waals surface area contributed by atoms with Crippen LogP contribution in [-0.4, -0.2) is 60.3 Å². The molecule has 2 aliphatic rings. The maximum absolute atomic E-state index is 13.3. The van der Waals surface area contributed by atoms with Crippen molar-refractivity contribution in [1.29, 1.82) is 0 Å². The first kappa shape index (κ1) is 18.5. The highest BCUT2D eigenvalue weighted by molar-refractivity contribution is 6.06. The second-order valence-electron chi connectivity index (χ2n) is 7.15. The average Bonchev–Trinajstić information content (AvgIpc) is 2.73. The summed E-state index contributed by atoms with van der Waals surface area (Å²) in [6.45, 7) is 1.25. The Morgan fingerprint density at radius 3 is 2.57 bits per heavy atom. The van der Waals surface area contributed by atoms with Crippen LogP contribution in [0.25, 0.3) is 10.9 Å². The van der Waals surface area contributed by atoms with E-state index in [0.29, 0.717) is 48.6 Å². The van der Waals surface area contributed by atoms with E-state index in [4.69, 9.17) is 9.47 Å². The maximum Gasteiger partial charge on any atom is 0.249 e. The molecule has 0 unspecified atom stereocenters. The lowest BCUT2D eigenvalue weighted by Gasteiger charge is -2.40. The molecule has 2 aromatic rings. The van der Waals surface area contributed by atoms with Gasteiger partial charge >= 0.3 is 0 Å². The van der Waals surface area contributed by atoms with Crippen molar-refractivity contribution in [3.05, 3.63) is 18.3 Å². The number of piperidine rings is 2. The summed E-state index contributed by atoms with van der Waals surface area (Å²) in [5.41, 5.74) is 1.31. The zero-order valence-corrected chi connectivity index (χ0v) is 16.2. The minimum atomic E-state index is -0.398. The second-order valence-corrected chi connectivity index (χ2v) is 7.15. The fourth-order valence-electron chi connectivity index (χ4n) is 4.13. The Morgan fingerprint density at radius 2 is 1.82 bits per heavy atom. The number of hydrogen-bond acceptors (Lipinski definition) is 6. The number of carbonyl (C=O) groups is 2. The molecule has 0 saturated carbocycles. The van der Waals surface area contributed by atoms with Gasteiger partial charge in [-0.1, -0.05) is 0 Å². The summed E-state index contributed by atoms with van der Waals surface area (Å²) in [5, 5.41) is 9.03. The third kappa shape index (κ3) is 3.12. The Labute approximate surface area is 163 Å². The predicted molar refractivity (Wildman–Crippen MR) is 104 cm³/mol. The minimum absolute atomic E-state index is 0.0504. The molecule has 2 amide bonds. The lowest BCUT2D eigenvalue weighted by atomic mass is 9.98.